The van der Waals surface area contributed by atoms with Crippen molar-refractivity contribution in [2.24, 2.45) is 0 Å². The fourth-order valence-electron chi connectivity index (χ4n) is 1.72. The van der Waals surface area contributed by atoms with E-state index in [1.165, 1.54) is 0 Å². The lowest BCUT2D eigenvalue weighted by molar-refractivity contribution is 0.0476. The molecule has 100 valence electrons. The van der Waals surface area contributed by atoms with Gasteiger partial charge in [0.25, 0.3) is 0 Å². The van der Waals surface area contributed by atoms with Crippen LogP contribution in [0.1, 0.15) is 61.2 Å². The summed E-state index contributed by atoms with van der Waals surface area (Å²) in [6, 6.07) is 0. The normalized spacial score (nSPS) is 14.8. The van der Waals surface area contributed by atoms with Crippen molar-refractivity contribution in [2.45, 2.75) is 45.6 Å². The molecule has 1 aromatic rings. The highest BCUT2D eigenvalue weighted by Gasteiger charge is 2.34. The molecule has 1 aliphatic rings. The van der Waals surface area contributed by atoms with Gasteiger partial charge in [-0.15, -0.1) is 0 Å². The van der Waals surface area contributed by atoms with E-state index in [0.29, 0.717) is 31.6 Å². The highest BCUT2D eigenvalue weighted by atomic mass is 16.5. The Hall–Kier alpha value is -1.36. The van der Waals surface area contributed by atoms with Crippen LogP contribution in [0.5, 0.6) is 0 Å². The Kier molecular flexibility index (Phi) is 4.36. The molecule has 0 atom stereocenters. The number of ether oxygens (including phenoxy) is 2. The van der Waals surface area contributed by atoms with Gasteiger partial charge in [0.2, 0.25) is 11.7 Å². The third-order valence-electron chi connectivity index (χ3n) is 2.70. The third-order valence-corrected chi connectivity index (χ3v) is 2.70. The van der Waals surface area contributed by atoms with Crippen molar-refractivity contribution in [1.29, 1.82) is 0 Å². The van der Waals surface area contributed by atoms with E-state index in [4.69, 9.17) is 13.9 Å². The summed E-state index contributed by atoms with van der Waals surface area (Å²) in [6.45, 7) is 5.12. The highest BCUT2D eigenvalue weighted by molar-refractivity contribution is 5.87. The second-order valence-corrected chi connectivity index (χ2v) is 4.37. The van der Waals surface area contributed by atoms with Gasteiger partial charge < -0.3 is 13.9 Å². The minimum absolute atomic E-state index is 0.259. The Morgan fingerprint density at radius 1 is 1.44 bits per heavy atom. The summed E-state index contributed by atoms with van der Waals surface area (Å²) < 4.78 is 15.8. The molecule has 2 rings (SSSR count). The molecular formula is C13H19NO4. The number of oxazole rings is 1. The number of rotatable bonds is 7. The molecular weight excluding hydrogens is 234 g/mol. The molecule has 1 heterocycles. The number of hydrogen-bond donors (Lipinski definition) is 0. The first-order valence-corrected chi connectivity index (χ1v) is 6.50. The average Bonchev–Trinajstić information content (AvgIpc) is 3.11. The minimum Gasteiger partial charge on any atom is -0.460 e. The largest absolute Gasteiger partial charge is 0.460 e. The van der Waals surface area contributed by atoms with Crippen LogP contribution in [0.3, 0.4) is 0 Å². The van der Waals surface area contributed by atoms with Crippen LogP contribution >= 0.6 is 0 Å². The number of carbonyl (C=O) groups excluding carboxylic acids is 1. The summed E-state index contributed by atoms with van der Waals surface area (Å²) in [5.41, 5.74) is 0.739. The minimum atomic E-state index is -0.423. The maximum atomic E-state index is 11.7. The van der Waals surface area contributed by atoms with Crippen molar-refractivity contribution in [1.82, 2.24) is 4.98 Å². The van der Waals surface area contributed by atoms with Crippen LogP contribution in [-0.2, 0) is 16.1 Å². The number of esters is 1. The van der Waals surface area contributed by atoms with Gasteiger partial charge in [-0.3, -0.25) is 0 Å². The van der Waals surface area contributed by atoms with Crippen molar-refractivity contribution in [3.05, 3.63) is 17.3 Å². The lowest BCUT2D eigenvalue weighted by atomic mass is 10.2. The number of aromatic nitrogens is 1. The van der Waals surface area contributed by atoms with Crippen LogP contribution in [0.25, 0.3) is 0 Å². The monoisotopic (exact) mass is 253 g/mol. The molecule has 0 amide bonds. The van der Waals surface area contributed by atoms with E-state index in [1.807, 2.05) is 6.92 Å². The standard InChI is InChI=1S/C13H19NO4/c1-3-7-16-8-10-14-11(9-5-6-9)12(18-10)13(15)17-4-2/h9H,3-8H2,1-2H3. The zero-order valence-corrected chi connectivity index (χ0v) is 10.9. The fourth-order valence-corrected chi connectivity index (χ4v) is 1.72. The van der Waals surface area contributed by atoms with Crippen molar-refractivity contribution in [3.8, 4) is 0 Å². The fraction of sp³-hybridized carbons (Fsp3) is 0.692. The number of hydrogen-bond acceptors (Lipinski definition) is 5. The molecule has 1 saturated carbocycles. The summed E-state index contributed by atoms with van der Waals surface area (Å²) in [6.07, 6.45) is 3.07. The van der Waals surface area contributed by atoms with Gasteiger partial charge in [-0.05, 0) is 26.2 Å². The molecule has 0 radical (unpaired) electrons. The molecule has 0 aliphatic heterocycles. The van der Waals surface area contributed by atoms with Gasteiger partial charge in [-0.2, -0.15) is 0 Å². The molecule has 0 saturated heterocycles. The van der Waals surface area contributed by atoms with E-state index >= 15 is 0 Å². The molecule has 0 spiro atoms. The quantitative estimate of drug-likeness (QED) is 0.552. The summed E-state index contributed by atoms with van der Waals surface area (Å²) in [4.78, 5) is 16.1. The Morgan fingerprint density at radius 3 is 2.83 bits per heavy atom. The SMILES string of the molecule is CCCOCc1nc(C2CC2)c(C(=O)OCC)o1. The van der Waals surface area contributed by atoms with Crippen LogP contribution in [0.2, 0.25) is 0 Å². The van der Waals surface area contributed by atoms with Crippen LogP contribution in [0.4, 0.5) is 0 Å². The van der Waals surface area contributed by atoms with E-state index in [1.54, 1.807) is 6.92 Å². The molecule has 1 aliphatic carbocycles. The first-order chi connectivity index (χ1) is 8.76. The maximum absolute atomic E-state index is 11.7. The summed E-state index contributed by atoms with van der Waals surface area (Å²) in [5.74, 6) is 0.657. The van der Waals surface area contributed by atoms with Crippen molar-refractivity contribution in [3.63, 3.8) is 0 Å². The van der Waals surface area contributed by atoms with E-state index in [2.05, 4.69) is 4.98 Å². The maximum Gasteiger partial charge on any atom is 0.376 e. The van der Waals surface area contributed by atoms with E-state index in [-0.39, 0.29) is 5.76 Å². The first kappa shape index (κ1) is 13.1. The van der Waals surface area contributed by atoms with E-state index < -0.39 is 5.97 Å². The van der Waals surface area contributed by atoms with E-state index in [9.17, 15) is 4.79 Å². The average molecular weight is 253 g/mol. The Morgan fingerprint density at radius 2 is 2.22 bits per heavy atom. The smallest absolute Gasteiger partial charge is 0.376 e. The van der Waals surface area contributed by atoms with Gasteiger partial charge in [0.15, 0.2) is 0 Å². The Bertz CT molecular complexity index is 409. The van der Waals surface area contributed by atoms with Crippen molar-refractivity contribution in [2.75, 3.05) is 13.2 Å². The molecule has 0 N–H and O–H groups in total. The second kappa shape index (κ2) is 6.00. The van der Waals surface area contributed by atoms with Crippen molar-refractivity contribution >= 4 is 5.97 Å². The lowest BCUT2D eigenvalue weighted by Crippen LogP contribution is -2.05. The van der Waals surface area contributed by atoms with Gasteiger partial charge >= 0.3 is 5.97 Å². The first-order valence-electron chi connectivity index (χ1n) is 6.50. The molecule has 0 aromatic carbocycles. The zero-order valence-electron chi connectivity index (χ0n) is 10.9. The predicted octanol–water partition coefficient (Wildman–Crippen LogP) is 2.66. The highest BCUT2D eigenvalue weighted by Crippen LogP contribution is 2.41. The van der Waals surface area contributed by atoms with Crippen LogP contribution in [0, 0.1) is 0 Å². The van der Waals surface area contributed by atoms with Gasteiger partial charge in [0.05, 0.1) is 12.3 Å². The topological polar surface area (TPSA) is 61.6 Å². The van der Waals surface area contributed by atoms with E-state index in [0.717, 1.165) is 25.0 Å². The van der Waals surface area contributed by atoms with Crippen LogP contribution < -0.4 is 0 Å². The zero-order chi connectivity index (χ0) is 13.0. The van der Waals surface area contributed by atoms with Gasteiger partial charge in [-0.25, -0.2) is 9.78 Å². The summed E-state index contributed by atoms with van der Waals surface area (Å²) >= 11 is 0. The molecule has 0 bridgehead atoms. The molecule has 1 aromatic heterocycles. The van der Waals surface area contributed by atoms with Crippen molar-refractivity contribution < 1.29 is 18.7 Å². The molecule has 5 heteroatoms. The number of carbonyl (C=O) groups is 1. The summed E-state index contributed by atoms with van der Waals surface area (Å²) in [5, 5.41) is 0. The van der Waals surface area contributed by atoms with Gasteiger partial charge in [-0.1, -0.05) is 6.92 Å². The Labute approximate surface area is 106 Å². The second-order valence-electron chi connectivity index (χ2n) is 4.37. The molecule has 5 nitrogen and oxygen atoms in total. The Balaban J connectivity index is 2.08. The summed E-state index contributed by atoms with van der Waals surface area (Å²) in [7, 11) is 0. The number of nitrogens with zero attached hydrogens (tertiary/aromatic N) is 1. The van der Waals surface area contributed by atoms with Crippen LogP contribution in [-0.4, -0.2) is 24.2 Å². The third kappa shape index (κ3) is 3.10. The van der Waals surface area contributed by atoms with Gasteiger partial charge in [0.1, 0.15) is 6.61 Å². The van der Waals surface area contributed by atoms with Gasteiger partial charge in [0, 0.05) is 12.5 Å². The predicted molar refractivity (Wildman–Crippen MR) is 64.4 cm³/mol. The molecule has 1 fully saturated rings. The van der Waals surface area contributed by atoms with Crippen LogP contribution in [0.15, 0.2) is 4.42 Å². The molecule has 0 unspecified atom stereocenters. The lowest BCUT2D eigenvalue weighted by Gasteiger charge is -1.99. The molecule has 18 heavy (non-hydrogen) atoms.